The van der Waals surface area contributed by atoms with E-state index in [9.17, 15) is 48.3 Å². The largest absolute Gasteiger partial charge is 0.481 e. The van der Waals surface area contributed by atoms with Crippen LogP contribution >= 0.6 is 0 Å². The first kappa shape index (κ1) is 46.6. The number of carbonyl (C=O) groups excluding carboxylic acids is 7. The van der Waals surface area contributed by atoms with Crippen LogP contribution in [0.15, 0.2) is 30.3 Å². The van der Waals surface area contributed by atoms with Crippen molar-refractivity contribution in [3.63, 3.8) is 0 Å². The maximum Gasteiger partial charge on any atom is 0.326 e. The van der Waals surface area contributed by atoms with E-state index in [0.29, 0.717) is 12.0 Å². The molecule has 0 aromatic heterocycles. The van der Waals surface area contributed by atoms with Crippen LogP contribution in [0.2, 0.25) is 0 Å². The molecule has 19 nitrogen and oxygen atoms in total. The number of likely N-dealkylation sites (tertiary alicyclic amines) is 1. The van der Waals surface area contributed by atoms with Crippen molar-refractivity contribution in [3.05, 3.63) is 35.9 Å². The molecule has 0 spiro atoms. The number of primary amides is 1. The predicted molar refractivity (Wildman–Crippen MR) is 201 cm³/mol. The van der Waals surface area contributed by atoms with E-state index in [1.807, 2.05) is 13.8 Å². The highest BCUT2D eigenvalue weighted by Crippen LogP contribution is 2.17. The fourth-order valence-corrected chi connectivity index (χ4v) is 6.04. The molecule has 6 atom stereocenters. The van der Waals surface area contributed by atoms with E-state index in [2.05, 4.69) is 26.6 Å². The second-order valence-corrected chi connectivity index (χ2v) is 14.6. The molecule has 1 fully saturated rings. The summed E-state index contributed by atoms with van der Waals surface area (Å²) in [5.41, 5.74) is 11.8. The maximum atomic E-state index is 13.9. The molecule has 0 radical (unpaired) electrons. The number of aliphatic carboxylic acids is 2. The lowest BCUT2D eigenvalue weighted by Gasteiger charge is -2.28. The van der Waals surface area contributed by atoms with E-state index in [1.54, 1.807) is 44.2 Å². The van der Waals surface area contributed by atoms with Gasteiger partial charge in [0.15, 0.2) is 0 Å². The lowest BCUT2D eigenvalue weighted by molar-refractivity contribution is -0.148. The van der Waals surface area contributed by atoms with Crippen LogP contribution in [-0.4, -0.2) is 118 Å². The molecule has 1 heterocycles. The Balaban J connectivity index is 2.30. The van der Waals surface area contributed by atoms with Gasteiger partial charge in [0.1, 0.15) is 30.2 Å². The van der Waals surface area contributed by atoms with Gasteiger partial charge < -0.3 is 53.2 Å². The average molecular weight is 789 g/mol. The van der Waals surface area contributed by atoms with Crippen LogP contribution in [0.5, 0.6) is 0 Å². The molecule has 310 valence electrons. The molecule has 0 saturated carbocycles. The van der Waals surface area contributed by atoms with Crippen LogP contribution in [0.3, 0.4) is 0 Å². The lowest BCUT2D eigenvalue weighted by atomic mass is 9.98. The Morgan fingerprint density at radius 1 is 0.768 bits per heavy atom. The summed E-state index contributed by atoms with van der Waals surface area (Å²) in [6.45, 7) is 6.56. The number of rotatable bonds is 23. The third kappa shape index (κ3) is 15.6. The first-order chi connectivity index (χ1) is 26.3. The number of carboxylic acid groups (broad SMARTS) is 2. The molecule has 19 heteroatoms. The van der Waals surface area contributed by atoms with E-state index >= 15 is 0 Å². The first-order valence-electron chi connectivity index (χ1n) is 18.6. The van der Waals surface area contributed by atoms with Gasteiger partial charge in [-0.05, 0) is 49.5 Å². The zero-order valence-electron chi connectivity index (χ0n) is 32.2. The van der Waals surface area contributed by atoms with E-state index in [1.165, 1.54) is 0 Å². The summed E-state index contributed by atoms with van der Waals surface area (Å²) in [4.78, 5) is 116. The molecule has 11 N–H and O–H groups in total. The number of hydrogen-bond acceptors (Lipinski definition) is 10. The third-order valence-corrected chi connectivity index (χ3v) is 9.09. The first-order valence-corrected chi connectivity index (χ1v) is 18.6. The minimum absolute atomic E-state index is 0.0617. The van der Waals surface area contributed by atoms with Crippen molar-refractivity contribution in [2.45, 2.75) is 115 Å². The number of nitrogens with two attached hydrogens (primary N) is 2. The van der Waals surface area contributed by atoms with Crippen molar-refractivity contribution in [2.75, 3.05) is 13.1 Å². The van der Waals surface area contributed by atoms with Gasteiger partial charge in [0.25, 0.3) is 0 Å². The van der Waals surface area contributed by atoms with E-state index in [-0.39, 0.29) is 57.4 Å². The Morgan fingerprint density at radius 2 is 1.38 bits per heavy atom. The molecule has 56 heavy (non-hydrogen) atoms. The van der Waals surface area contributed by atoms with Gasteiger partial charge in [-0.1, -0.05) is 58.0 Å². The van der Waals surface area contributed by atoms with Crippen molar-refractivity contribution >= 4 is 53.3 Å². The van der Waals surface area contributed by atoms with E-state index in [4.69, 9.17) is 16.6 Å². The molecule has 1 aliphatic rings. The number of carbonyl (C=O) groups is 9. The number of benzene rings is 1. The average Bonchev–Trinajstić information content (AvgIpc) is 3.63. The van der Waals surface area contributed by atoms with Crippen molar-refractivity contribution in [2.24, 2.45) is 23.3 Å². The summed E-state index contributed by atoms with van der Waals surface area (Å²) < 4.78 is 0. The summed E-state index contributed by atoms with van der Waals surface area (Å²) in [6, 6.07) is 1.32. The number of hydrogen-bond donors (Lipinski definition) is 9. The minimum Gasteiger partial charge on any atom is -0.481 e. The summed E-state index contributed by atoms with van der Waals surface area (Å²) in [5.74, 6) is -8.23. The van der Waals surface area contributed by atoms with Gasteiger partial charge >= 0.3 is 11.9 Å². The molecule has 7 amide bonds. The topological polar surface area (TPSA) is 310 Å². The predicted octanol–water partition coefficient (Wildman–Crippen LogP) is -1.48. The monoisotopic (exact) mass is 788 g/mol. The lowest BCUT2D eigenvalue weighted by Crippen LogP contribution is -2.60. The van der Waals surface area contributed by atoms with Crippen LogP contribution in [0.4, 0.5) is 0 Å². The van der Waals surface area contributed by atoms with Gasteiger partial charge in [-0.2, -0.15) is 0 Å². The Morgan fingerprint density at radius 3 is 1.95 bits per heavy atom. The summed E-state index contributed by atoms with van der Waals surface area (Å²) >= 11 is 0. The highest BCUT2D eigenvalue weighted by molar-refractivity contribution is 5.97. The number of nitrogens with zero attached hydrogens (tertiary/aromatic N) is 1. The Bertz CT molecular complexity index is 1570. The minimum atomic E-state index is -1.39. The van der Waals surface area contributed by atoms with Crippen LogP contribution in [0, 0.1) is 11.8 Å². The second-order valence-electron chi connectivity index (χ2n) is 14.6. The van der Waals surface area contributed by atoms with Crippen molar-refractivity contribution in [1.82, 2.24) is 31.5 Å². The quantitative estimate of drug-likeness (QED) is 0.0614. The molecule has 2 rings (SSSR count). The summed E-state index contributed by atoms with van der Waals surface area (Å²) in [5, 5.41) is 31.2. The molecule has 1 saturated heterocycles. The number of nitrogens with one attached hydrogen (secondary N) is 5. The Hall–Kier alpha value is -5.59. The highest BCUT2D eigenvalue weighted by Gasteiger charge is 2.36. The Kier molecular flexibility index (Phi) is 18.9. The van der Waals surface area contributed by atoms with Gasteiger partial charge in [0.05, 0.1) is 12.6 Å². The van der Waals surface area contributed by atoms with Crippen LogP contribution in [-0.2, 0) is 49.6 Å². The summed E-state index contributed by atoms with van der Waals surface area (Å²) in [7, 11) is 0. The van der Waals surface area contributed by atoms with E-state index in [0.717, 1.165) is 4.90 Å². The van der Waals surface area contributed by atoms with Gasteiger partial charge in [0.2, 0.25) is 41.4 Å². The number of amides is 7. The SMILES string of the molecule is CC(C)C[C@H](NC(=O)[C@@H](NC(=O)[C@@H](N)CCC(=O)O)C(C)C)C(=O)N[C@@H](Cc1ccccc1)C(=O)N[C@@H](CCC(N)=O)C(=O)NCC(=O)N1CCC[C@H]1C(=O)O. The second kappa shape index (κ2) is 22.7. The maximum absolute atomic E-state index is 13.9. The molecule has 1 aliphatic heterocycles. The van der Waals surface area contributed by atoms with Crippen molar-refractivity contribution < 1.29 is 53.4 Å². The fourth-order valence-electron chi connectivity index (χ4n) is 6.04. The van der Waals surface area contributed by atoms with Gasteiger partial charge in [0, 0.05) is 25.8 Å². The van der Waals surface area contributed by atoms with Gasteiger partial charge in [-0.25, -0.2) is 4.79 Å². The fraction of sp³-hybridized carbons (Fsp3) is 0.595. The van der Waals surface area contributed by atoms with E-state index < -0.39 is 102 Å². The molecule has 0 aliphatic carbocycles. The molecular formula is C37H56N8O11. The van der Waals surface area contributed by atoms with Crippen LogP contribution in [0.25, 0.3) is 0 Å². The molecule has 1 aromatic rings. The molecular weight excluding hydrogens is 732 g/mol. The van der Waals surface area contributed by atoms with Crippen LogP contribution < -0.4 is 38.1 Å². The molecule has 1 aromatic carbocycles. The summed E-state index contributed by atoms with van der Waals surface area (Å²) in [6.07, 6.45) is -0.304. The highest BCUT2D eigenvalue weighted by atomic mass is 16.4. The third-order valence-electron chi connectivity index (χ3n) is 9.09. The number of carboxylic acids is 2. The van der Waals surface area contributed by atoms with Crippen LogP contribution in [0.1, 0.15) is 78.2 Å². The smallest absolute Gasteiger partial charge is 0.326 e. The Labute approximate surface area is 325 Å². The normalized spacial score (nSPS) is 16.5. The van der Waals surface area contributed by atoms with Crippen molar-refractivity contribution in [1.29, 1.82) is 0 Å². The van der Waals surface area contributed by atoms with Crippen molar-refractivity contribution in [3.8, 4) is 0 Å². The zero-order chi connectivity index (χ0) is 42.1. The molecule has 0 bridgehead atoms. The van der Waals surface area contributed by atoms with Gasteiger partial charge in [-0.3, -0.25) is 38.4 Å². The molecule has 0 unspecified atom stereocenters. The van der Waals surface area contributed by atoms with Gasteiger partial charge in [-0.15, -0.1) is 0 Å². The standard InChI is InChI=1S/C37H56N8O11/c1-20(2)17-25(43-36(54)31(21(3)4)44-32(50)23(38)12-15-30(48)49)34(52)42-26(18-22-9-6-5-7-10-22)35(53)41-24(13-14-28(39)46)33(51)40-19-29(47)45-16-8-11-27(45)37(55)56/h5-7,9-10,20-21,23-27,31H,8,11-19,38H2,1-4H3,(H2,39,46)(H,40,51)(H,41,53)(H,42,52)(H,43,54)(H,44,50)(H,48,49)(H,55,56)/t23-,24-,25-,26-,27-,31-/m0/s1. The zero-order valence-corrected chi connectivity index (χ0v) is 32.2.